The van der Waals surface area contributed by atoms with Crippen molar-refractivity contribution < 1.29 is 45.8 Å². The normalized spacial score (nSPS) is 15.2. The standard InChI is InChI=1S/C29H26F4N6O3.C21H19FN2O4/c30-24-12-17(13-25-23-14-20(42-19-2-1-3-19)5-7-21(23)26(40)37-36-25)4-6-22(24)27(41)38-8-10-39(11-9-38)28-34-15-18(16-35-28)29(31,32)33;1-27-21(26)16-7-5-12(9-18(16)22)10-19-17-11-14(28-13-3-2-4-13)6-8-15(17)20(25)24-23-19/h4-7,12,14-16,19H,1-3,8-11,13H2,(H,37,40);5-9,11,13H,2-4,10H2,1H3,(H,24,25). The molecule has 0 radical (unpaired) electrons. The van der Waals surface area contributed by atoms with E-state index in [0.29, 0.717) is 62.0 Å². The molecule has 10 rings (SSSR count). The summed E-state index contributed by atoms with van der Waals surface area (Å²) in [5.41, 5.74) is 0.557. The Balaban J connectivity index is 0.000000188. The molecule has 2 N–H and O–H groups in total. The maximum absolute atomic E-state index is 15.2. The Kier molecular flexibility index (Phi) is 13.6. The van der Waals surface area contributed by atoms with E-state index in [1.807, 2.05) is 6.07 Å². The highest BCUT2D eigenvalue weighted by molar-refractivity contribution is 5.95. The van der Waals surface area contributed by atoms with Crippen LogP contribution >= 0.6 is 0 Å². The third-order valence-corrected chi connectivity index (χ3v) is 12.6. The molecule has 70 heavy (non-hydrogen) atoms. The molecule has 20 heteroatoms. The zero-order valence-corrected chi connectivity index (χ0v) is 37.7. The predicted molar refractivity (Wildman–Crippen MR) is 246 cm³/mol. The van der Waals surface area contributed by atoms with Crippen molar-refractivity contribution in [3.63, 3.8) is 0 Å². The number of carbonyl (C=O) groups excluding carboxylic acids is 2. The molecule has 3 aliphatic rings. The highest BCUT2D eigenvalue weighted by Gasteiger charge is 2.32. The van der Waals surface area contributed by atoms with Crippen LogP contribution in [-0.4, -0.2) is 92.6 Å². The van der Waals surface area contributed by atoms with Crippen LogP contribution in [0.25, 0.3) is 21.5 Å². The number of carbonyl (C=O) groups is 2. The molecule has 1 saturated heterocycles. The first-order chi connectivity index (χ1) is 33.7. The van der Waals surface area contributed by atoms with Crippen LogP contribution in [0, 0.1) is 11.6 Å². The number of ether oxygens (including phenoxy) is 3. The second kappa shape index (κ2) is 20.1. The van der Waals surface area contributed by atoms with Crippen molar-refractivity contribution in [2.24, 2.45) is 0 Å². The molecule has 0 unspecified atom stereocenters. The summed E-state index contributed by atoms with van der Waals surface area (Å²) in [5, 5.41) is 15.6. The van der Waals surface area contributed by atoms with Gasteiger partial charge in [-0.3, -0.25) is 14.4 Å². The fourth-order valence-electron chi connectivity index (χ4n) is 8.26. The number of hydrogen-bond acceptors (Lipinski definition) is 12. The summed E-state index contributed by atoms with van der Waals surface area (Å²) in [7, 11) is 1.20. The van der Waals surface area contributed by atoms with Gasteiger partial charge in [-0.05, 0) is 110 Å². The van der Waals surface area contributed by atoms with E-state index in [-0.39, 0.29) is 73.0 Å². The number of methoxy groups -OCH3 is 1. The average molecular weight is 965 g/mol. The second-order valence-corrected chi connectivity index (χ2v) is 17.3. The maximum Gasteiger partial charge on any atom is 0.419 e. The smallest absolute Gasteiger partial charge is 0.419 e. The highest BCUT2D eigenvalue weighted by Crippen LogP contribution is 2.31. The fourth-order valence-corrected chi connectivity index (χ4v) is 8.26. The lowest BCUT2D eigenvalue weighted by Crippen LogP contribution is -2.49. The number of esters is 1. The van der Waals surface area contributed by atoms with Gasteiger partial charge in [-0.1, -0.05) is 12.1 Å². The summed E-state index contributed by atoms with van der Waals surface area (Å²) >= 11 is 0. The number of rotatable bonds is 11. The van der Waals surface area contributed by atoms with E-state index in [9.17, 15) is 36.7 Å². The van der Waals surface area contributed by atoms with E-state index < -0.39 is 35.3 Å². The topological polar surface area (TPSA) is 186 Å². The van der Waals surface area contributed by atoms with Crippen LogP contribution in [0.2, 0.25) is 0 Å². The summed E-state index contributed by atoms with van der Waals surface area (Å²) in [6.45, 7) is 1.02. The molecular weight excluding hydrogens is 920 g/mol. The molecule has 15 nitrogen and oxygen atoms in total. The van der Waals surface area contributed by atoms with Gasteiger partial charge in [0.25, 0.3) is 17.0 Å². The van der Waals surface area contributed by atoms with Crippen LogP contribution in [0.3, 0.4) is 0 Å². The van der Waals surface area contributed by atoms with Gasteiger partial charge in [-0.25, -0.2) is 33.7 Å². The van der Waals surface area contributed by atoms with Gasteiger partial charge in [0.15, 0.2) is 0 Å². The molecule has 0 spiro atoms. The van der Waals surface area contributed by atoms with Crippen LogP contribution in [0.15, 0.2) is 94.8 Å². The molecule has 7 aromatic rings. The number of nitrogens with zero attached hydrogens (tertiary/aromatic N) is 6. The molecule has 0 atom stereocenters. The second-order valence-electron chi connectivity index (χ2n) is 17.3. The van der Waals surface area contributed by atoms with Gasteiger partial charge >= 0.3 is 12.1 Å². The van der Waals surface area contributed by atoms with Crippen LogP contribution in [0.5, 0.6) is 11.5 Å². The Morgan fingerprint density at radius 2 is 1.14 bits per heavy atom. The van der Waals surface area contributed by atoms with Crippen molar-refractivity contribution in [2.75, 3.05) is 38.2 Å². The van der Waals surface area contributed by atoms with Crippen LogP contribution < -0.4 is 25.5 Å². The van der Waals surface area contributed by atoms with Crippen molar-refractivity contribution in [3.05, 3.63) is 157 Å². The van der Waals surface area contributed by atoms with Crippen LogP contribution in [0.4, 0.5) is 27.9 Å². The largest absolute Gasteiger partial charge is 0.490 e. The number of aromatic nitrogens is 6. The average Bonchev–Trinajstić information content (AvgIpc) is 3.33. The molecule has 3 fully saturated rings. The lowest BCUT2D eigenvalue weighted by atomic mass is 9.96. The Labute approximate surface area is 395 Å². The van der Waals surface area contributed by atoms with E-state index in [4.69, 9.17) is 9.47 Å². The minimum Gasteiger partial charge on any atom is -0.490 e. The molecule has 2 aliphatic carbocycles. The maximum atomic E-state index is 15.2. The number of anilines is 1. The summed E-state index contributed by atoms with van der Waals surface area (Å²) in [5.74, 6) is -1.08. The molecule has 362 valence electrons. The SMILES string of the molecule is COC(=O)c1ccc(Cc2n[nH]c(=O)c3ccc(OC4CCC4)cc23)cc1F.O=C(c1ccc(Cc2n[nH]c(=O)c3ccc(OC4CCC4)cc23)cc1F)N1CCN(c2ncc(C(F)(F)F)cn2)CC1. The molecule has 0 bridgehead atoms. The number of fused-ring (bicyclic) bond motifs is 2. The molecule has 4 aromatic carbocycles. The Bertz CT molecular complexity index is 3210. The third-order valence-electron chi connectivity index (χ3n) is 12.6. The molecule has 3 aromatic heterocycles. The number of H-pyrrole nitrogens is 2. The summed E-state index contributed by atoms with van der Waals surface area (Å²) in [6, 6.07) is 19.2. The first kappa shape index (κ1) is 47.3. The minimum atomic E-state index is -4.53. The van der Waals surface area contributed by atoms with Gasteiger partial charge in [0, 0.05) is 62.2 Å². The molecule has 4 heterocycles. The third kappa shape index (κ3) is 10.4. The van der Waals surface area contributed by atoms with Crippen LogP contribution in [0.1, 0.15) is 87.3 Å². The lowest BCUT2D eigenvalue weighted by Gasteiger charge is -2.34. The van der Waals surface area contributed by atoms with E-state index in [0.717, 1.165) is 50.9 Å². The number of hydrogen-bond donors (Lipinski definition) is 2. The molecule has 1 amide bonds. The monoisotopic (exact) mass is 964 g/mol. The van der Waals surface area contributed by atoms with Gasteiger partial charge in [-0.15, -0.1) is 0 Å². The zero-order valence-electron chi connectivity index (χ0n) is 37.7. The first-order valence-corrected chi connectivity index (χ1v) is 22.7. The van der Waals surface area contributed by atoms with Crippen molar-refractivity contribution in [1.82, 2.24) is 35.3 Å². The number of nitrogens with one attached hydrogen (secondary N) is 2. The number of alkyl halides is 3. The molecule has 2 saturated carbocycles. The molecular formula is C50H45F5N8O7. The lowest BCUT2D eigenvalue weighted by molar-refractivity contribution is -0.138. The Hall–Kier alpha value is -7.77. The number of aromatic amines is 2. The highest BCUT2D eigenvalue weighted by atomic mass is 19.4. The van der Waals surface area contributed by atoms with E-state index in [1.54, 1.807) is 47.4 Å². The van der Waals surface area contributed by atoms with Crippen molar-refractivity contribution in [3.8, 4) is 11.5 Å². The zero-order chi connectivity index (χ0) is 49.1. The van der Waals surface area contributed by atoms with Crippen molar-refractivity contribution >= 4 is 39.4 Å². The Morgan fingerprint density at radius 3 is 1.57 bits per heavy atom. The van der Waals surface area contributed by atoms with Crippen LogP contribution in [-0.2, 0) is 23.8 Å². The van der Waals surface area contributed by atoms with Gasteiger partial charge < -0.3 is 24.0 Å². The first-order valence-electron chi connectivity index (χ1n) is 22.7. The number of halogens is 5. The van der Waals surface area contributed by atoms with E-state index >= 15 is 4.39 Å². The quantitative estimate of drug-likeness (QED) is 0.0952. The van der Waals surface area contributed by atoms with E-state index in [1.165, 1.54) is 36.3 Å². The number of piperazine rings is 1. The predicted octanol–water partition coefficient (Wildman–Crippen LogP) is 7.73. The number of amides is 1. The summed E-state index contributed by atoms with van der Waals surface area (Å²) in [6.07, 6.45) is 4.16. The fraction of sp³-hybridized carbons (Fsp3) is 0.320. The summed E-state index contributed by atoms with van der Waals surface area (Å²) < 4.78 is 84.2. The van der Waals surface area contributed by atoms with E-state index in [2.05, 4.69) is 35.1 Å². The van der Waals surface area contributed by atoms with Crippen molar-refractivity contribution in [2.45, 2.75) is 69.8 Å². The van der Waals surface area contributed by atoms with Gasteiger partial charge in [-0.2, -0.15) is 23.4 Å². The molecule has 1 aliphatic heterocycles. The minimum absolute atomic E-state index is 0.0894. The number of benzene rings is 4. The van der Waals surface area contributed by atoms with Crippen molar-refractivity contribution in [1.29, 1.82) is 0 Å². The van der Waals surface area contributed by atoms with Gasteiger partial charge in [0.05, 0.1) is 58.2 Å². The van der Waals surface area contributed by atoms with Gasteiger partial charge in [0.1, 0.15) is 23.1 Å². The Morgan fingerprint density at radius 1 is 0.657 bits per heavy atom. The van der Waals surface area contributed by atoms with Gasteiger partial charge in [0.2, 0.25) is 5.95 Å². The summed E-state index contributed by atoms with van der Waals surface area (Å²) in [4.78, 5) is 59.9.